The molecule has 0 spiro atoms. The zero-order valence-electron chi connectivity index (χ0n) is 6.61. The molecule has 0 amide bonds. The van der Waals surface area contributed by atoms with Crippen LogP contribution in [0.2, 0.25) is 0 Å². The summed E-state index contributed by atoms with van der Waals surface area (Å²) in [4.78, 5) is 0. The fourth-order valence-corrected chi connectivity index (χ4v) is 0.662. The van der Waals surface area contributed by atoms with Crippen LogP contribution in [0.4, 0.5) is 0 Å². The van der Waals surface area contributed by atoms with Gasteiger partial charge in [-0.25, -0.2) is 0 Å². The number of allylic oxidation sites excluding steroid dienone is 4. The highest BCUT2D eigenvalue weighted by molar-refractivity contribution is 5.60. The SMILES string of the molecule is CC=CC=C(C)c1conn1. The van der Waals surface area contributed by atoms with Crippen LogP contribution in [0.1, 0.15) is 19.5 Å². The first-order valence-corrected chi connectivity index (χ1v) is 3.41. The van der Waals surface area contributed by atoms with Crippen molar-refractivity contribution in [1.29, 1.82) is 0 Å². The maximum Gasteiger partial charge on any atom is 0.151 e. The van der Waals surface area contributed by atoms with E-state index >= 15 is 0 Å². The van der Waals surface area contributed by atoms with E-state index in [-0.39, 0.29) is 0 Å². The molecular weight excluding hydrogens is 140 g/mol. The average molecular weight is 150 g/mol. The second-order valence-corrected chi connectivity index (χ2v) is 2.17. The summed E-state index contributed by atoms with van der Waals surface area (Å²) in [5.74, 6) is 0. The summed E-state index contributed by atoms with van der Waals surface area (Å²) in [5, 5.41) is 7.11. The van der Waals surface area contributed by atoms with Gasteiger partial charge in [0.05, 0.1) is 0 Å². The first-order chi connectivity index (χ1) is 5.34. The van der Waals surface area contributed by atoms with Gasteiger partial charge in [-0.3, -0.25) is 0 Å². The molecule has 0 N–H and O–H groups in total. The van der Waals surface area contributed by atoms with Gasteiger partial charge in [0.2, 0.25) is 0 Å². The first kappa shape index (κ1) is 7.72. The summed E-state index contributed by atoms with van der Waals surface area (Å²) in [6.45, 7) is 3.92. The van der Waals surface area contributed by atoms with E-state index in [9.17, 15) is 0 Å². The van der Waals surface area contributed by atoms with Crippen molar-refractivity contribution in [3.63, 3.8) is 0 Å². The maximum atomic E-state index is 4.59. The lowest BCUT2D eigenvalue weighted by molar-refractivity contribution is 0.393. The van der Waals surface area contributed by atoms with E-state index in [4.69, 9.17) is 0 Å². The Balaban J connectivity index is 2.77. The molecule has 0 aliphatic carbocycles. The number of rotatable bonds is 2. The smallest absolute Gasteiger partial charge is 0.151 e. The Morgan fingerprint density at radius 3 is 3.00 bits per heavy atom. The molecule has 1 rings (SSSR count). The lowest BCUT2D eigenvalue weighted by Crippen LogP contribution is -1.77. The Hall–Kier alpha value is -1.38. The van der Waals surface area contributed by atoms with E-state index in [1.54, 1.807) is 0 Å². The van der Waals surface area contributed by atoms with Crippen LogP contribution in [0.25, 0.3) is 5.57 Å². The maximum absolute atomic E-state index is 4.59. The fourth-order valence-electron chi connectivity index (χ4n) is 0.662. The standard InChI is InChI=1S/C8H10N2O/c1-3-4-5-7(2)8-6-11-10-9-8/h3-6H,1-2H3. The van der Waals surface area contributed by atoms with Crippen LogP contribution in [0.3, 0.4) is 0 Å². The minimum Gasteiger partial charge on any atom is -0.345 e. The molecule has 0 aromatic carbocycles. The molecule has 0 saturated carbocycles. The quantitative estimate of drug-likeness (QED) is 0.605. The molecule has 0 unspecified atom stereocenters. The third-order valence-electron chi connectivity index (χ3n) is 1.30. The van der Waals surface area contributed by atoms with E-state index in [1.807, 2.05) is 32.1 Å². The molecule has 1 aromatic heterocycles. The van der Waals surface area contributed by atoms with Crippen molar-refractivity contribution < 1.29 is 4.52 Å². The predicted octanol–water partition coefficient (Wildman–Crippen LogP) is 2.05. The van der Waals surface area contributed by atoms with E-state index in [2.05, 4.69) is 14.9 Å². The highest BCUT2D eigenvalue weighted by atomic mass is 16.5. The Bertz CT molecular complexity index is 260. The van der Waals surface area contributed by atoms with Gasteiger partial charge in [-0.15, -0.1) is 5.10 Å². The van der Waals surface area contributed by atoms with Gasteiger partial charge in [-0.1, -0.05) is 18.2 Å². The topological polar surface area (TPSA) is 38.9 Å². The first-order valence-electron chi connectivity index (χ1n) is 3.41. The summed E-state index contributed by atoms with van der Waals surface area (Å²) in [6, 6.07) is 0. The molecule has 1 aromatic rings. The summed E-state index contributed by atoms with van der Waals surface area (Å²) >= 11 is 0. The normalized spacial score (nSPS) is 12.7. The van der Waals surface area contributed by atoms with Gasteiger partial charge >= 0.3 is 0 Å². The van der Waals surface area contributed by atoms with Gasteiger partial charge in [-0.05, 0) is 19.4 Å². The lowest BCUT2D eigenvalue weighted by Gasteiger charge is -1.87. The Morgan fingerprint density at radius 2 is 2.45 bits per heavy atom. The van der Waals surface area contributed by atoms with E-state index in [1.165, 1.54) is 6.26 Å². The van der Waals surface area contributed by atoms with Gasteiger partial charge in [-0.2, -0.15) is 0 Å². The van der Waals surface area contributed by atoms with Crippen LogP contribution in [0.15, 0.2) is 29.0 Å². The van der Waals surface area contributed by atoms with Gasteiger partial charge < -0.3 is 4.52 Å². The molecular formula is C8H10N2O. The molecule has 1 heterocycles. The second kappa shape index (κ2) is 3.71. The van der Waals surface area contributed by atoms with Crippen LogP contribution in [-0.4, -0.2) is 10.4 Å². The van der Waals surface area contributed by atoms with Crippen molar-refractivity contribution in [2.75, 3.05) is 0 Å². The molecule has 0 radical (unpaired) electrons. The third-order valence-corrected chi connectivity index (χ3v) is 1.30. The largest absolute Gasteiger partial charge is 0.345 e. The molecule has 11 heavy (non-hydrogen) atoms. The van der Waals surface area contributed by atoms with E-state index in [0.29, 0.717) is 0 Å². The molecule has 58 valence electrons. The number of hydrogen-bond donors (Lipinski definition) is 0. The van der Waals surface area contributed by atoms with Crippen molar-refractivity contribution in [1.82, 2.24) is 10.4 Å². The summed E-state index contributed by atoms with van der Waals surface area (Å²) in [6.07, 6.45) is 7.38. The average Bonchev–Trinajstić information content (AvgIpc) is 2.52. The minimum atomic E-state index is 0.781. The van der Waals surface area contributed by atoms with Crippen molar-refractivity contribution >= 4 is 5.57 Å². The molecule has 0 bridgehead atoms. The molecule has 3 heteroatoms. The highest BCUT2D eigenvalue weighted by Crippen LogP contribution is 2.08. The minimum absolute atomic E-state index is 0.781. The van der Waals surface area contributed by atoms with E-state index < -0.39 is 0 Å². The van der Waals surface area contributed by atoms with Gasteiger partial charge in [0, 0.05) is 5.27 Å². The highest BCUT2D eigenvalue weighted by Gasteiger charge is 1.96. The van der Waals surface area contributed by atoms with Gasteiger partial charge in [0.15, 0.2) is 6.26 Å². The number of nitrogens with zero attached hydrogens (tertiary/aromatic N) is 2. The Kier molecular flexibility index (Phi) is 2.60. The second-order valence-electron chi connectivity index (χ2n) is 2.17. The summed E-state index contributed by atoms with van der Waals surface area (Å²) in [7, 11) is 0. The molecule has 0 atom stereocenters. The fraction of sp³-hybridized carbons (Fsp3) is 0.250. The van der Waals surface area contributed by atoms with Crippen molar-refractivity contribution in [2.45, 2.75) is 13.8 Å². The van der Waals surface area contributed by atoms with Crippen molar-refractivity contribution in [2.24, 2.45) is 0 Å². The zero-order valence-corrected chi connectivity index (χ0v) is 6.61. The molecule has 0 aliphatic rings. The monoisotopic (exact) mass is 150 g/mol. The Labute approximate surface area is 65.4 Å². The van der Waals surface area contributed by atoms with Crippen molar-refractivity contribution in [3.8, 4) is 0 Å². The van der Waals surface area contributed by atoms with Crippen molar-refractivity contribution in [3.05, 3.63) is 30.2 Å². The molecule has 0 fully saturated rings. The number of aromatic nitrogens is 2. The Morgan fingerprint density at radius 1 is 1.64 bits per heavy atom. The third kappa shape index (κ3) is 2.04. The van der Waals surface area contributed by atoms with E-state index in [0.717, 1.165) is 11.3 Å². The van der Waals surface area contributed by atoms with Crippen LogP contribution >= 0.6 is 0 Å². The molecule has 3 nitrogen and oxygen atoms in total. The van der Waals surface area contributed by atoms with Gasteiger partial charge in [0.1, 0.15) is 5.69 Å². The molecule has 0 saturated heterocycles. The summed E-state index contributed by atoms with van der Waals surface area (Å²) < 4.78 is 4.59. The predicted molar refractivity (Wildman–Crippen MR) is 42.8 cm³/mol. The van der Waals surface area contributed by atoms with Crippen LogP contribution in [0.5, 0.6) is 0 Å². The van der Waals surface area contributed by atoms with Crippen LogP contribution in [0, 0.1) is 0 Å². The van der Waals surface area contributed by atoms with Crippen LogP contribution < -0.4 is 0 Å². The number of hydrogen-bond acceptors (Lipinski definition) is 3. The van der Waals surface area contributed by atoms with Crippen LogP contribution in [-0.2, 0) is 0 Å². The lowest BCUT2D eigenvalue weighted by atomic mass is 10.2. The summed E-state index contributed by atoms with van der Waals surface area (Å²) in [5.41, 5.74) is 1.83. The van der Waals surface area contributed by atoms with Gasteiger partial charge in [0.25, 0.3) is 0 Å². The molecule has 0 aliphatic heterocycles. The zero-order chi connectivity index (χ0) is 8.10.